The summed E-state index contributed by atoms with van der Waals surface area (Å²) < 4.78 is 19.3. The van der Waals surface area contributed by atoms with Crippen molar-refractivity contribution in [2.75, 3.05) is 20.3 Å². The first-order valence-electron chi connectivity index (χ1n) is 9.73. The second kappa shape index (κ2) is 7.42. The first kappa shape index (κ1) is 18.0. The van der Waals surface area contributed by atoms with Gasteiger partial charge in [-0.2, -0.15) is 4.52 Å². The van der Waals surface area contributed by atoms with Crippen LogP contribution in [-0.4, -0.2) is 40.4 Å². The van der Waals surface area contributed by atoms with E-state index in [1.165, 1.54) is 5.56 Å². The van der Waals surface area contributed by atoms with Crippen molar-refractivity contribution in [1.29, 1.82) is 0 Å². The molecule has 0 saturated carbocycles. The van der Waals surface area contributed by atoms with Crippen molar-refractivity contribution in [3.05, 3.63) is 65.7 Å². The number of hydrogen-bond donors (Lipinski definition) is 0. The van der Waals surface area contributed by atoms with Crippen molar-refractivity contribution < 1.29 is 14.2 Å². The minimum Gasteiger partial charge on any atom is -0.489 e. The minimum atomic E-state index is -0.275. The number of pyridine rings is 1. The molecule has 2 aromatic heterocycles. The van der Waals surface area contributed by atoms with E-state index in [0.717, 1.165) is 48.3 Å². The molecule has 7 nitrogen and oxygen atoms in total. The minimum absolute atomic E-state index is 0.275. The van der Waals surface area contributed by atoms with Crippen molar-refractivity contribution in [3.8, 4) is 5.75 Å². The van der Waals surface area contributed by atoms with E-state index in [-0.39, 0.29) is 5.60 Å². The molecule has 29 heavy (non-hydrogen) atoms. The Morgan fingerprint density at radius 1 is 1.07 bits per heavy atom. The van der Waals surface area contributed by atoms with Gasteiger partial charge >= 0.3 is 0 Å². The highest BCUT2D eigenvalue weighted by molar-refractivity contribution is 5.82. The zero-order chi connectivity index (χ0) is 19.7. The van der Waals surface area contributed by atoms with E-state index in [1.54, 1.807) is 11.6 Å². The predicted molar refractivity (Wildman–Crippen MR) is 108 cm³/mol. The van der Waals surface area contributed by atoms with E-state index < -0.39 is 0 Å². The third-order valence-corrected chi connectivity index (χ3v) is 5.69. The molecular formula is C22H22N4O3. The molecule has 0 atom stereocenters. The van der Waals surface area contributed by atoms with Gasteiger partial charge in [-0.3, -0.25) is 0 Å². The van der Waals surface area contributed by atoms with Crippen LogP contribution in [0.25, 0.3) is 16.6 Å². The van der Waals surface area contributed by atoms with Crippen LogP contribution >= 0.6 is 0 Å². The molecule has 1 saturated heterocycles. The summed E-state index contributed by atoms with van der Waals surface area (Å²) in [6.07, 6.45) is 1.72. The fourth-order valence-corrected chi connectivity index (χ4v) is 3.99. The molecule has 0 unspecified atom stereocenters. The molecule has 1 fully saturated rings. The van der Waals surface area contributed by atoms with E-state index in [0.29, 0.717) is 12.3 Å². The topological polar surface area (TPSA) is 70.8 Å². The second-order valence-electron chi connectivity index (χ2n) is 7.30. The van der Waals surface area contributed by atoms with Crippen LogP contribution in [0, 0.1) is 0 Å². The average molecular weight is 390 g/mol. The van der Waals surface area contributed by atoms with E-state index in [4.69, 9.17) is 14.2 Å². The number of hydrogen-bond acceptors (Lipinski definition) is 6. The molecule has 7 heteroatoms. The van der Waals surface area contributed by atoms with Crippen LogP contribution in [0.5, 0.6) is 5.75 Å². The summed E-state index contributed by atoms with van der Waals surface area (Å²) in [5.41, 5.74) is 3.63. The quantitative estimate of drug-likeness (QED) is 0.519. The van der Waals surface area contributed by atoms with Crippen molar-refractivity contribution in [2.45, 2.75) is 25.0 Å². The number of methoxy groups -OCH3 is 1. The van der Waals surface area contributed by atoms with Gasteiger partial charge in [-0.25, -0.2) is 0 Å². The van der Waals surface area contributed by atoms with Crippen LogP contribution in [0.2, 0.25) is 0 Å². The largest absolute Gasteiger partial charge is 0.489 e. The molecule has 0 N–H and O–H groups in total. The van der Waals surface area contributed by atoms with Crippen LogP contribution in [0.15, 0.2) is 54.6 Å². The Labute approximate surface area is 168 Å². The smallest absolute Gasteiger partial charge is 0.179 e. The van der Waals surface area contributed by atoms with Gasteiger partial charge < -0.3 is 14.2 Å². The van der Waals surface area contributed by atoms with E-state index in [1.807, 2.05) is 30.3 Å². The number of rotatable bonds is 5. The highest BCUT2D eigenvalue weighted by Crippen LogP contribution is 2.36. The SMILES string of the molecule is COC1(c2cccc(COc3ccc4ccc5nnnn5c4c3)c2)CCOCC1. The molecule has 0 bridgehead atoms. The fraction of sp³-hybridized carbons (Fsp3) is 0.318. The number of tetrazole rings is 1. The zero-order valence-corrected chi connectivity index (χ0v) is 16.2. The normalized spacial score (nSPS) is 16.3. The summed E-state index contributed by atoms with van der Waals surface area (Å²) in [4.78, 5) is 0. The van der Waals surface area contributed by atoms with Crippen LogP contribution < -0.4 is 4.74 Å². The van der Waals surface area contributed by atoms with Gasteiger partial charge in [0.2, 0.25) is 0 Å². The van der Waals surface area contributed by atoms with Crippen LogP contribution in [0.3, 0.4) is 0 Å². The average Bonchev–Trinajstić information content (AvgIpc) is 3.28. The molecule has 1 aliphatic heterocycles. The van der Waals surface area contributed by atoms with Crippen LogP contribution in [0.4, 0.5) is 0 Å². The van der Waals surface area contributed by atoms with Gasteiger partial charge in [0, 0.05) is 44.6 Å². The van der Waals surface area contributed by atoms with Gasteiger partial charge in [-0.1, -0.05) is 18.2 Å². The van der Waals surface area contributed by atoms with Gasteiger partial charge in [-0.15, -0.1) is 5.10 Å². The van der Waals surface area contributed by atoms with Crippen LogP contribution in [-0.2, 0) is 21.7 Å². The number of ether oxygens (including phenoxy) is 3. The second-order valence-corrected chi connectivity index (χ2v) is 7.30. The zero-order valence-electron chi connectivity index (χ0n) is 16.2. The van der Waals surface area contributed by atoms with E-state index >= 15 is 0 Å². The lowest BCUT2D eigenvalue weighted by Crippen LogP contribution is -2.35. The summed E-state index contributed by atoms with van der Waals surface area (Å²) in [5, 5.41) is 12.9. The molecule has 0 amide bonds. The first-order chi connectivity index (χ1) is 14.3. The van der Waals surface area contributed by atoms with Crippen LogP contribution in [0.1, 0.15) is 24.0 Å². The lowest BCUT2D eigenvalue weighted by Gasteiger charge is -2.36. The molecule has 3 heterocycles. The maximum atomic E-state index is 6.09. The van der Waals surface area contributed by atoms with Crippen molar-refractivity contribution in [2.24, 2.45) is 0 Å². The van der Waals surface area contributed by atoms with Crippen molar-refractivity contribution in [3.63, 3.8) is 0 Å². The fourth-order valence-electron chi connectivity index (χ4n) is 3.99. The Kier molecular flexibility index (Phi) is 4.61. The van der Waals surface area contributed by atoms with Gasteiger partial charge in [-0.05, 0) is 51.9 Å². The first-order valence-corrected chi connectivity index (χ1v) is 9.73. The summed E-state index contributed by atoms with van der Waals surface area (Å²) in [5.74, 6) is 0.776. The van der Waals surface area contributed by atoms with Gasteiger partial charge in [0.25, 0.3) is 0 Å². The highest BCUT2D eigenvalue weighted by atomic mass is 16.5. The van der Waals surface area contributed by atoms with Gasteiger partial charge in [0.15, 0.2) is 5.65 Å². The monoisotopic (exact) mass is 390 g/mol. The molecule has 0 spiro atoms. The number of fused-ring (bicyclic) bond motifs is 3. The molecule has 4 aromatic rings. The maximum absolute atomic E-state index is 6.09. The Bertz CT molecular complexity index is 1150. The highest BCUT2D eigenvalue weighted by Gasteiger charge is 2.34. The molecule has 0 radical (unpaired) electrons. The third-order valence-electron chi connectivity index (χ3n) is 5.69. The Balaban J connectivity index is 1.39. The summed E-state index contributed by atoms with van der Waals surface area (Å²) in [6.45, 7) is 1.91. The molecular weight excluding hydrogens is 368 g/mol. The summed E-state index contributed by atoms with van der Waals surface area (Å²) in [7, 11) is 1.78. The standard InChI is InChI=1S/C22H22N4O3/c1-27-22(9-11-28-12-10-22)18-4-2-3-16(13-18)15-29-19-7-5-17-6-8-21-23-24-25-26(21)20(17)14-19/h2-8,13-14H,9-12,15H2,1H3. The molecule has 5 rings (SSSR count). The van der Waals surface area contributed by atoms with Crippen molar-refractivity contribution >= 4 is 16.6 Å². The lowest BCUT2D eigenvalue weighted by atomic mass is 9.85. The van der Waals surface area contributed by atoms with Gasteiger partial charge in [0.1, 0.15) is 12.4 Å². The summed E-state index contributed by atoms with van der Waals surface area (Å²) in [6, 6.07) is 18.3. The number of nitrogens with zero attached hydrogens (tertiary/aromatic N) is 4. The number of aromatic nitrogens is 4. The van der Waals surface area contributed by atoms with Crippen molar-refractivity contribution in [1.82, 2.24) is 20.0 Å². The Hall–Kier alpha value is -3.03. The molecule has 2 aromatic carbocycles. The maximum Gasteiger partial charge on any atom is 0.179 e. The molecule has 1 aliphatic rings. The van der Waals surface area contributed by atoms with E-state index in [2.05, 4.69) is 39.8 Å². The Morgan fingerprint density at radius 2 is 1.93 bits per heavy atom. The van der Waals surface area contributed by atoms with Gasteiger partial charge in [0.05, 0.1) is 11.1 Å². The molecule has 148 valence electrons. The predicted octanol–water partition coefficient (Wildman–Crippen LogP) is 3.51. The Morgan fingerprint density at radius 3 is 2.79 bits per heavy atom. The molecule has 0 aliphatic carbocycles. The number of benzene rings is 2. The van der Waals surface area contributed by atoms with E-state index in [9.17, 15) is 0 Å². The lowest BCUT2D eigenvalue weighted by molar-refractivity contribution is -0.0948. The summed E-state index contributed by atoms with van der Waals surface area (Å²) >= 11 is 0. The third kappa shape index (κ3) is 3.32.